The minimum Gasteiger partial charge on any atom is -0.444 e. The number of hydrogen-bond acceptors (Lipinski definition) is 5. The van der Waals surface area contributed by atoms with Crippen LogP contribution in [0.1, 0.15) is 54.4 Å². The molecule has 2 unspecified atom stereocenters. The van der Waals surface area contributed by atoms with Crippen molar-refractivity contribution in [1.29, 1.82) is 0 Å². The number of nitrogens with one attached hydrogen (secondary N) is 1. The van der Waals surface area contributed by atoms with Crippen LogP contribution in [0.25, 0.3) is 0 Å². The molecule has 0 spiro atoms. The second-order valence-corrected chi connectivity index (χ2v) is 9.04. The van der Waals surface area contributed by atoms with Gasteiger partial charge in [-0.2, -0.15) is 0 Å². The number of ether oxygens (including phenoxy) is 2. The highest BCUT2D eigenvalue weighted by molar-refractivity contribution is 5.87. The van der Waals surface area contributed by atoms with E-state index in [0.29, 0.717) is 25.9 Å². The molecule has 2 saturated heterocycles. The smallest absolute Gasteiger partial charge is 0.413 e. The van der Waals surface area contributed by atoms with E-state index in [4.69, 9.17) is 9.47 Å². The molecule has 28 heavy (non-hydrogen) atoms. The average molecular weight is 405 g/mol. The van der Waals surface area contributed by atoms with Crippen LogP contribution >= 0.6 is 0 Å². The molecule has 9 heteroatoms. The molecular formula is C19H33F2N3O4. The summed E-state index contributed by atoms with van der Waals surface area (Å²) in [4.78, 5) is 28.8. The largest absolute Gasteiger partial charge is 0.444 e. The number of halogens is 2. The fraction of sp³-hybridized carbons (Fsp3) is 0.895. The fourth-order valence-electron chi connectivity index (χ4n) is 3.84. The topological polar surface area (TPSA) is 71.1 Å². The van der Waals surface area contributed by atoms with Crippen LogP contribution in [0.5, 0.6) is 0 Å². The summed E-state index contributed by atoms with van der Waals surface area (Å²) in [5, 5.41) is 2.97. The average Bonchev–Trinajstić information content (AvgIpc) is 2.75. The first-order valence-corrected chi connectivity index (χ1v) is 9.81. The number of likely N-dealkylation sites (tertiary alicyclic amines) is 1. The van der Waals surface area contributed by atoms with Crippen molar-refractivity contribution in [3.8, 4) is 0 Å². The monoisotopic (exact) mass is 405 g/mol. The van der Waals surface area contributed by atoms with Crippen molar-refractivity contribution in [3.63, 3.8) is 0 Å². The molecule has 0 radical (unpaired) electrons. The molecule has 2 rings (SSSR count). The maximum atomic E-state index is 13.0. The zero-order valence-electron chi connectivity index (χ0n) is 17.6. The number of carbonyl (C=O) groups is 2. The Balaban J connectivity index is 2.03. The van der Waals surface area contributed by atoms with Crippen LogP contribution in [-0.4, -0.2) is 77.4 Å². The van der Waals surface area contributed by atoms with E-state index in [-0.39, 0.29) is 18.5 Å². The molecule has 0 aromatic heterocycles. The minimum absolute atomic E-state index is 0.113. The lowest BCUT2D eigenvalue weighted by Crippen LogP contribution is -2.57. The third kappa shape index (κ3) is 5.76. The van der Waals surface area contributed by atoms with Gasteiger partial charge in [-0.25, -0.2) is 13.6 Å². The molecule has 2 atom stereocenters. The van der Waals surface area contributed by atoms with Gasteiger partial charge in [0.05, 0.1) is 12.6 Å². The molecule has 2 fully saturated rings. The molecule has 0 saturated carbocycles. The molecule has 0 aromatic carbocycles. The van der Waals surface area contributed by atoms with E-state index in [1.165, 1.54) is 4.90 Å². The quantitative estimate of drug-likeness (QED) is 0.779. The Morgan fingerprint density at radius 2 is 1.82 bits per heavy atom. The van der Waals surface area contributed by atoms with Crippen molar-refractivity contribution >= 4 is 12.0 Å². The van der Waals surface area contributed by atoms with Gasteiger partial charge in [0.15, 0.2) is 0 Å². The zero-order chi connectivity index (χ0) is 21.3. The number of rotatable bonds is 4. The van der Waals surface area contributed by atoms with Crippen molar-refractivity contribution in [1.82, 2.24) is 15.1 Å². The van der Waals surface area contributed by atoms with E-state index in [1.54, 1.807) is 46.4 Å². The van der Waals surface area contributed by atoms with Crippen LogP contribution in [0.2, 0.25) is 0 Å². The molecule has 1 N–H and O–H groups in total. The van der Waals surface area contributed by atoms with Crippen LogP contribution < -0.4 is 5.32 Å². The Morgan fingerprint density at radius 1 is 1.25 bits per heavy atom. The molecule has 2 heterocycles. The summed E-state index contributed by atoms with van der Waals surface area (Å²) >= 11 is 0. The van der Waals surface area contributed by atoms with Crippen LogP contribution in [0, 0.1) is 0 Å². The van der Waals surface area contributed by atoms with Gasteiger partial charge in [-0.15, -0.1) is 0 Å². The summed E-state index contributed by atoms with van der Waals surface area (Å²) in [5.41, 5.74) is -1.68. The minimum atomic E-state index is -2.35. The van der Waals surface area contributed by atoms with Gasteiger partial charge in [0.2, 0.25) is 5.91 Å². The fourth-order valence-corrected chi connectivity index (χ4v) is 3.84. The van der Waals surface area contributed by atoms with E-state index >= 15 is 0 Å². The number of nitrogens with zero attached hydrogens (tertiary/aromatic N) is 2. The standard InChI is InChI=1S/C19H33F2N3O4/c1-12-15(24(19(5,6)27-12)17(26)28-18(2,3)4)16(25)22-13-7-9-23(10-8-13)11-14(20)21/h12-15H,7-11H2,1-6H3,(H,22,25). The van der Waals surface area contributed by atoms with E-state index in [1.807, 2.05) is 0 Å². The third-order valence-electron chi connectivity index (χ3n) is 4.97. The highest BCUT2D eigenvalue weighted by atomic mass is 19.3. The summed E-state index contributed by atoms with van der Waals surface area (Å²) in [6, 6.07) is -0.929. The van der Waals surface area contributed by atoms with Gasteiger partial charge in [0, 0.05) is 19.1 Å². The van der Waals surface area contributed by atoms with Gasteiger partial charge in [0.25, 0.3) is 6.43 Å². The maximum Gasteiger partial charge on any atom is 0.413 e. The zero-order valence-corrected chi connectivity index (χ0v) is 17.6. The van der Waals surface area contributed by atoms with Crippen LogP contribution in [0.3, 0.4) is 0 Å². The molecule has 7 nitrogen and oxygen atoms in total. The van der Waals surface area contributed by atoms with Crippen molar-refractivity contribution in [2.24, 2.45) is 0 Å². The molecular weight excluding hydrogens is 372 g/mol. The Bertz CT molecular complexity index is 572. The summed E-state index contributed by atoms with van der Waals surface area (Å²) in [7, 11) is 0. The number of alkyl halides is 2. The van der Waals surface area contributed by atoms with Gasteiger partial charge in [-0.05, 0) is 54.4 Å². The van der Waals surface area contributed by atoms with Crippen LogP contribution in [0.4, 0.5) is 13.6 Å². The number of amides is 2. The predicted octanol–water partition coefficient (Wildman–Crippen LogP) is 2.59. The molecule has 2 amide bonds. The first-order chi connectivity index (χ1) is 12.8. The lowest BCUT2D eigenvalue weighted by Gasteiger charge is -2.36. The lowest BCUT2D eigenvalue weighted by molar-refractivity contribution is -0.128. The van der Waals surface area contributed by atoms with Crippen molar-refractivity contribution in [2.75, 3.05) is 19.6 Å². The molecule has 162 valence electrons. The Morgan fingerprint density at radius 3 is 2.32 bits per heavy atom. The lowest BCUT2D eigenvalue weighted by atomic mass is 10.0. The summed E-state index contributed by atoms with van der Waals surface area (Å²) in [6.07, 6.45) is -2.27. The SMILES string of the molecule is CC1OC(C)(C)N(C(=O)OC(C)(C)C)C1C(=O)NC1CCN(CC(F)F)CC1. The number of hydrogen-bond donors (Lipinski definition) is 1. The van der Waals surface area contributed by atoms with Crippen molar-refractivity contribution in [3.05, 3.63) is 0 Å². The van der Waals surface area contributed by atoms with E-state index in [0.717, 1.165) is 0 Å². The molecule has 2 aliphatic rings. The highest BCUT2D eigenvalue weighted by Crippen LogP contribution is 2.34. The normalized spacial score (nSPS) is 26.5. The van der Waals surface area contributed by atoms with Crippen LogP contribution in [0.15, 0.2) is 0 Å². The summed E-state index contributed by atoms with van der Waals surface area (Å²) in [6.45, 7) is 11.3. The van der Waals surface area contributed by atoms with Gasteiger partial charge >= 0.3 is 6.09 Å². The van der Waals surface area contributed by atoms with Gasteiger partial charge in [-0.3, -0.25) is 14.6 Å². The van der Waals surface area contributed by atoms with Crippen molar-refractivity contribution in [2.45, 2.75) is 90.3 Å². The van der Waals surface area contributed by atoms with Gasteiger partial charge < -0.3 is 14.8 Å². The summed E-state index contributed by atoms with van der Waals surface area (Å²) in [5.74, 6) is -0.309. The second kappa shape index (κ2) is 8.49. The Labute approximate surface area is 165 Å². The summed E-state index contributed by atoms with van der Waals surface area (Å²) < 4.78 is 36.3. The van der Waals surface area contributed by atoms with E-state index in [2.05, 4.69) is 5.32 Å². The number of piperidine rings is 1. The molecule has 0 aromatic rings. The van der Waals surface area contributed by atoms with E-state index in [9.17, 15) is 18.4 Å². The third-order valence-corrected chi connectivity index (χ3v) is 4.97. The Kier molecular flexibility index (Phi) is 6.91. The van der Waals surface area contributed by atoms with Gasteiger partial charge in [-0.1, -0.05) is 0 Å². The van der Waals surface area contributed by atoms with E-state index < -0.39 is 36.0 Å². The van der Waals surface area contributed by atoms with Crippen LogP contribution in [-0.2, 0) is 14.3 Å². The molecule has 2 aliphatic heterocycles. The molecule has 0 aliphatic carbocycles. The number of carbonyl (C=O) groups excluding carboxylic acids is 2. The van der Waals surface area contributed by atoms with Gasteiger partial charge in [0.1, 0.15) is 17.4 Å². The maximum absolute atomic E-state index is 13.0. The van der Waals surface area contributed by atoms with Crippen molar-refractivity contribution < 1.29 is 27.8 Å². The Hall–Kier alpha value is -1.48. The highest BCUT2D eigenvalue weighted by Gasteiger charge is 2.53. The predicted molar refractivity (Wildman–Crippen MR) is 100 cm³/mol. The first-order valence-electron chi connectivity index (χ1n) is 9.81. The molecule has 0 bridgehead atoms. The first kappa shape index (κ1) is 22.8. The second-order valence-electron chi connectivity index (χ2n) is 9.04.